The summed E-state index contributed by atoms with van der Waals surface area (Å²) in [5.41, 5.74) is 8.19. The van der Waals surface area contributed by atoms with E-state index in [1.807, 2.05) is 24.3 Å². The molecule has 284 valence electrons. The molecule has 4 saturated heterocycles. The molecule has 10 heteroatoms. The van der Waals surface area contributed by atoms with Crippen LogP contribution in [0.1, 0.15) is 83.5 Å². The fourth-order valence-corrected chi connectivity index (χ4v) is 10.5. The molecular weight excluding hydrogens is 679 g/mol. The fraction of sp³-hybridized carbons (Fsp3) is 0.523. The summed E-state index contributed by atoms with van der Waals surface area (Å²) in [6.07, 6.45) is 7.55. The molecule has 3 aromatic rings. The molecule has 9 rings (SSSR count). The number of aryl methyl sites for hydroxylation is 1. The number of phenols is 1. The number of amides is 3. The van der Waals surface area contributed by atoms with Crippen molar-refractivity contribution >= 4 is 29.1 Å². The van der Waals surface area contributed by atoms with Crippen LogP contribution in [0, 0.1) is 17.8 Å². The van der Waals surface area contributed by atoms with E-state index in [1.165, 1.54) is 41.6 Å². The van der Waals surface area contributed by atoms with Crippen molar-refractivity contribution in [3.05, 3.63) is 88.5 Å². The summed E-state index contributed by atoms with van der Waals surface area (Å²) in [7, 11) is 0. The van der Waals surface area contributed by atoms with Crippen molar-refractivity contribution < 1.29 is 24.2 Å². The van der Waals surface area contributed by atoms with Crippen molar-refractivity contribution in [2.24, 2.45) is 17.8 Å². The number of nitrogens with zero attached hydrogens (tertiary/aromatic N) is 4. The van der Waals surface area contributed by atoms with Gasteiger partial charge >= 0.3 is 0 Å². The van der Waals surface area contributed by atoms with Crippen LogP contribution in [0.4, 0.5) is 11.4 Å². The highest BCUT2D eigenvalue weighted by atomic mass is 16.5. The number of benzene rings is 3. The van der Waals surface area contributed by atoms with E-state index < -0.39 is 6.04 Å². The molecule has 1 aliphatic carbocycles. The van der Waals surface area contributed by atoms with Gasteiger partial charge in [0, 0.05) is 94.8 Å². The third kappa shape index (κ3) is 6.99. The lowest BCUT2D eigenvalue weighted by atomic mass is 9.65. The standard InChI is InChI=1S/C44H53N5O5/c50-36-7-10-38-32(26-36)3-8-37(30-15-23-54-24-16-30)42(38)31-1-4-34(5-2-31)47-17-13-29(14-18-47)27-46-19-21-48(22-20-46)35-6-9-39-33(25-35)28-49(44(39)53)40-11-12-41(51)45-43(40)52/h1-2,4-7,9-10,25-26,29-30,37,40,42,50H,3,8,11-24,27-28H2,(H,45,51,52)/t37-,40?,42+/m0/s1. The van der Waals surface area contributed by atoms with Crippen LogP contribution in [0.15, 0.2) is 60.7 Å². The third-order valence-electron chi connectivity index (χ3n) is 13.5. The Hall–Kier alpha value is -4.41. The summed E-state index contributed by atoms with van der Waals surface area (Å²) in [5, 5.41) is 12.6. The van der Waals surface area contributed by atoms with Gasteiger partial charge in [0.15, 0.2) is 0 Å². The number of aromatic hydroxyl groups is 1. The zero-order valence-corrected chi connectivity index (χ0v) is 31.3. The van der Waals surface area contributed by atoms with E-state index in [1.54, 1.807) is 4.90 Å². The third-order valence-corrected chi connectivity index (χ3v) is 13.5. The monoisotopic (exact) mass is 731 g/mol. The zero-order chi connectivity index (χ0) is 36.8. The van der Waals surface area contributed by atoms with Crippen LogP contribution in [0.3, 0.4) is 0 Å². The van der Waals surface area contributed by atoms with Gasteiger partial charge in [-0.1, -0.05) is 18.2 Å². The molecule has 6 aliphatic rings. The Morgan fingerprint density at radius 2 is 1.46 bits per heavy atom. The van der Waals surface area contributed by atoms with Gasteiger partial charge in [0.1, 0.15) is 11.8 Å². The first-order chi connectivity index (χ1) is 26.4. The molecule has 0 radical (unpaired) electrons. The highest BCUT2D eigenvalue weighted by molar-refractivity contribution is 6.05. The van der Waals surface area contributed by atoms with Gasteiger partial charge in [-0.05, 0) is 127 Å². The van der Waals surface area contributed by atoms with Gasteiger partial charge in [-0.3, -0.25) is 24.6 Å². The molecule has 0 spiro atoms. The zero-order valence-electron chi connectivity index (χ0n) is 31.3. The van der Waals surface area contributed by atoms with Gasteiger partial charge in [0.25, 0.3) is 5.91 Å². The van der Waals surface area contributed by atoms with Gasteiger partial charge in [-0.15, -0.1) is 0 Å². The summed E-state index contributed by atoms with van der Waals surface area (Å²) >= 11 is 0. The Morgan fingerprint density at radius 3 is 2.22 bits per heavy atom. The maximum Gasteiger partial charge on any atom is 0.255 e. The topological polar surface area (TPSA) is 106 Å². The van der Waals surface area contributed by atoms with E-state index in [2.05, 4.69) is 56.4 Å². The molecule has 0 bridgehead atoms. The number of anilines is 2. The van der Waals surface area contributed by atoms with Gasteiger partial charge < -0.3 is 24.5 Å². The van der Waals surface area contributed by atoms with Gasteiger partial charge in [0.2, 0.25) is 11.8 Å². The minimum Gasteiger partial charge on any atom is -0.508 e. The second-order valence-electron chi connectivity index (χ2n) is 16.6. The van der Waals surface area contributed by atoms with Crippen LogP contribution < -0.4 is 15.1 Å². The molecule has 3 atom stereocenters. The average molecular weight is 732 g/mol. The fourth-order valence-electron chi connectivity index (χ4n) is 10.5. The first kappa shape index (κ1) is 35.3. The Morgan fingerprint density at radius 1 is 0.722 bits per heavy atom. The molecule has 5 heterocycles. The predicted octanol–water partition coefficient (Wildman–Crippen LogP) is 5.31. The first-order valence-electron chi connectivity index (χ1n) is 20.4. The summed E-state index contributed by atoms with van der Waals surface area (Å²) in [6, 6.07) is 21.0. The average Bonchev–Trinajstić information content (AvgIpc) is 3.53. The van der Waals surface area contributed by atoms with Crippen molar-refractivity contribution in [1.29, 1.82) is 0 Å². The number of imide groups is 1. The van der Waals surface area contributed by atoms with Crippen LogP contribution in [0.5, 0.6) is 5.75 Å². The first-order valence-corrected chi connectivity index (χ1v) is 20.4. The molecular formula is C44H53N5O5. The van der Waals surface area contributed by atoms with E-state index in [0.717, 1.165) is 89.5 Å². The SMILES string of the molecule is O=C1CCC(N2Cc3cc(N4CCN(CC5CCN(c6ccc([C@H]7c8ccc(O)cc8CC[C@H]7C7CCOCC7)cc6)CC5)CC4)ccc3C2=O)C(=O)N1. The summed E-state index contributed by atoms with van der Waals surface area (Å²) in [4.78, 5) is 46.5. The largest absolute Gasteiger partial charge is 0.508 e. The highest BCUT2D eigenvalue weighted by Gasteiger charge is 2.40. The van der Waals surface area contributed by atoms with Crippen LogP contribution >= 0.6 is 0 Å². The number of rotatable bonds is 7. The van der Waals surface area contributed by atoms with E-state index in [-0.39, 0.29) is 24.1 Å². The minimum atomic E-state index is -0.583. The number of phenolic OH excluding ortho intramolecular Hbond substituents is 1. The van der Waals surface area contributed by atoms with Gasteiger partial charge in [-0.2, -0.15) is 0 Å². The number of piperidine rings is 2. The molecule has 2 N–H and O–H groups in total. The smallest absolute Gasteiger partial charge is 0.255 e. The second-order valence-corrected chi connectivity index (χ2v) is 16.6. The van der Waals surface area contributed by atoms with Crippen molar-refractivity contribution in [3.63, 3.8) is 0 Å². The molecule has 10 nitrogen and oxygen atoms in total. The Labute approximate surface area is 318 Å². The minimum absolute atomic E-state index is 0.119. The lowest BCUT2D eigenvalue weighted by molar-refractivity contribution is -0.136. The molecule has 3 amide bonds. The number of fused-ring (bicyclic) bond motifs is 2. The van der Waals surface area contributed by atoms with E-state index in [0.29, 0.717) is 48.0 Å². The predicted molar refractivity (Wildman–Crippen MR) is 208 cm³/mol. The van der Waals surface area contributed by atoms with Crippen molar-refractivity contribution in [1.82, 2.24) is 15.1 Å². The Balaban J connectivity index is 0.773. The second kappa shape index (κ2) is 15.0. The van der Waals surface area contributed by atoms with Crippen LogP contribution in [-0.2, 0) is 27.3 Å². The summed E-state index contributed by atoms with van der Waals surface area (Å²) in [6.45, 7) is 9.44. The number of carbonyl (C=O) groups is 3. The van der Waals surface area contributed by atoms with Gasteiger partial charge in [0.05, 0.1) is 0 Å². The summed E-state index contributed by atoms with van der Waals surface area (Å²) in [5.74, 6) is 1.96. The molecule has 1 unspecified atom stereocenters. The normalized spacial score (nSPS) is 25.8. The van der Waals surface area contributed by atoms with E-state index in [4.69, 9.17) is 4.74 Å². The van der Waals surface area contributed by atoms with Crippen molar-refractivity contribution in [2.45, 2.75) is 69.9 Å². The van der Waals surface area contributed by atoms with E-state index in [9.17, 15) is 19.5 Å². The van der Waals surface area contributed by atoms with Crippen LogP contribution in [-0.4, -0.2) is 97.7 Å². The molecule has 0 saturated carbocycles. The molecule has 54 heavy (non-hydrogen) atoms. The number of nitrogens with one attached hydrogen (secondary N) is 1. The van der Waals surface area contributed by atoms with Crippen LogP contribution in [0.2, 0.25) is 0 Å². The summed E-state index contributed by atoms with van der Waals surface area (Å²) < 4.78 is 5.74. The lowest BCUT2D eigenvalue weighted by Crippen LogP contribution is -2.52. The molecule has 4 fully saturated rings. The van der Waals surface area contributed by atoms with E-state index >= 15 is 0 Å². The van der Waals surface area contributed by atoms with Gasteiger partial charge in [-0.25, -0.2) is 0 Å². The molecule has 3 aromatic carbocycles. The quantitative estimate of drug-likeness (QED) is 0.315. The van der Waals surface area contributed by atoms with Crippen LogP contribution in [0.25, 0.3) is 0 Å². The Kier molecular flexibility index (Phi) is 9.82. The number of hydrogen-bond donors (Lipinski definition) is 2. The highest BCUT2D eigenvalue weighted by Crippen LogP contribution is 2.47. The number of hydrogen-bond acceptors (Lipinski definition) is 8. The number of piperazine rings is 1. The number of ether oxygens (including phenoxy) is 1. The Bertz CT molecular complexity index is 1880. The maximum absolute atomic E-state index is 13.2. The van der Waals surface area contributed by atoms with Crippen molar-refractivity contribution in [2.75, 3.05) is 68.8 Å². The molecule has 5 aliphatic heterocycles. The van der Waals surface area contributed by atoms with Crippen molar-refractivity contribution in [3.8, 4) is 5.75 Å². The molecule has 0 aromatic heterocycles. The lowest BCUT2D eigenvalue weighted by Gasteiger charge is -2.41. The number of carbonyl (C=O) groups excluding carboxylic acids is 3. The maximum atomic E-state index is 13.2.